The van der Waals surface area contributed by atoms with Gasteiger partial charge in [-0.15, -0.1) is 0 Å². The summed E-state index contributed by atoms with van der Waals surface area (Å²) in [6.45, 7) is 0.896. The first-order valence-electron chi connectivity index (χ1n) is 5.88. The van der Waals surface area contributed by atoms with Crippen molar-refractivity contribution >= 4 is 17.3 Å². The van der Waals surface area contributed by atoms with Crippen LogP contribution in [0.4, 0.5) is 11.4 Å². The lowest BCUT2D eigenvalue weighted by Crippen LogP contribution is -2.24. The van der Waals surface area contributed by atoms with Crippen LogP contribution in [0.2, 0.25) is 0 Å². The first kappa shape index (κ1) is 11.8. The Morgan fingerprint density at radius 3 is 3.18 bits per heavy atom. The molecule has 0 radical (unpaired) electrons. The zero-order chi connectivity index (χ0) is 12.3. The maximum Gasteiger partial charge on any atom is 0.305 e. The van der Waals surface area contributed by atoms with E-state index in [4.69, 9.17) is 5.73 Å². The average molecular weight is 234 g/mol. The maximum atomic E-state index is 11.1. The molecule has 0 bridgehead atoms. The highest BCUT2D eigenvalue weighted by molar-refractivity contribution is 5.69. The Morgan fingerprint density at radius 2 is 2.41 bits per heavy atom. The van der Waals surface area contributed by atoms with E-state index in [-0.39, 0.29) is 5.97 Å². The number of nitrogen functional groups attached to an aromatic ring is 1. The molecular weight excluding hydrogens is 216 g/mol. The standard InChI is InChI=1S/C13H18N2O2/c1-17-13(16)5-2-9-6-10-3-4-11(14)7-12(10)15-8-9/h3-4,7,9,15H,2,5-6,8,14H2,1H3/t9-/m1/s1. The second-order valence-electron chi connectivity index (χ2n) is 4.48. The van der Waals surface area contributed by atoms with Gasteiger partial charge < -0.3 is 15.8 Å². The summed E-state index contributed by atoms with van der Waals surface area (Å²) in [6.07, 6.45) is 2.36. The molecular formula is C13H18N2O2. The number of anilines is 2. The number of esters is 1. The minimum atomic E-state index is -0.131. The highest BCUT2D eigenvalue weighted by Gasteiger charge is 2.19. The van der Waals surface area contributed by atoms with Crippen LogP contribution in [0.3, 0.4) is 0 Å². The van der Waals surface area contributed by atoms with Crippen molar-refractivity contribution in [3.63, 3.8) is 0 Å². The third-order valence-electron chi connectivity index (χ3n) is 3.21. The van der Waals surface area contributed by atoms with Crippen LogP contribution in [-0.4, -0.2) is 19.6 Å². The number of nitrogens with two attached hydrogens (primary N) is 1. The third kappa shape index (κ3) is 2.90. The van der Waals surface area contributed by atoms with Gasteiger partial charge in [0, 0.05) is 24.3 Å². The van der Waals surface area contributed by atoms with Gasteiger partial charge in [0.05, 0.1) is 7.11 Å². The molecule has 17 heavy (non-hydrogen) atoms. The molecule has 1 atom stereocenters. The van der Waals surface area contributed by atoms with Gasteiger partial charge in [-0.2, -0.15) is 0 Å². The van der Waals surface area contributed by atoms with Crippen LogP contribution in [0, 0.1) is 5.92 Å². The Labute approximate surface area is 101 Å². The summed E-state index contributed by atoms with van der Waals surface area (Å²) < 4.78 is 4.65. The van der Waals surface area contributed by atoms with Gasteiger partial charge in [-0.05, 0) is 36.5 Å². The number of hydrogen-bond acceptors (Lipinski definition) is 4. The van der Waals surface area contributed by atoms with E-state index in [0.717, 1.165) is 30.8 Å². The number of methoxy groups -OCH3 is 1. The molecule has 1 heterocycles. The molecule has 0 spiro atoms. The van der Waals surface area contributed by atoms with Crippen LogP contribution in [-0.2, 0) is 16.0 Å². The van der Waals surface area contributed by atoms with Crippen molar-refractivity contribution in [3.8, 4) is 0 Å². The molecule has 4 heteroatoms. The summed E-state index contributed by atoms with van der Waals surface area (Å²) in [5, 5.41) is 3.36. The fraction of sp³-hybridized carbons (Fsp3) is 0.462. The highest BCUT2D eigenvalue weighted by atomic mass is 16.5. The number of carbonyl (C=O) groups excluding carboxylic acids is 1. The molecule has 3 N–H and O–H groups in total. The molecule has 1 aliphatic heterocycles. The van der Waals surface area contributed by atoms with E-state index in [1.807, 2.05) is 12.1 Å². The van der Waals surface area contributed by atoms with E-state index in [2.05, 4.69) is 16.1 Å². The molecule has 0 aliphatic carbocycles. The van der Waals surface area contributed by atoms with Crippen molar-refractivity contribution in [3.05, 3.63) is 23.8 Å². The van der Waals surface area contributed by atoms with Crippen molar-refractivity contribution in [2.24, 2.45) is 5.92 Å². The minimum absolute atomic E-state index is 0.131. The van der Waals surface area contributed by atoms with E-state index in [1.165, 1.54) is 12.7 Å². The van der Waals surface area contributed by atoms with Gasteiger partial charge >= 0.3 is 5.97 Å². The second kappa shape index (κ2) is 5.08. The van der Waals surface area contributed by atoms with Crippen LogP contribution in [0.25, 0.3) is 0 Å². The number of nitrogens with one attached hydrogen (secondary N) is 1. The summed E-state index contributed by atoms with van der Waals surface area (Å²) in [6, 6.07) is 5.94. The fourth-order valence-corrected chi connectivity index (χ4v) is 2.20. The molecule has 0 saturated heterocycles. The number of hydrogen-bond donors (Lipinski definition) is 2. The number of rotatable bonds is 3. The average Bonchev–Trinajstić information content (AvgIpc) is 2.35. The summed E-state index contributed by atoms with van der Waals surface area (Å²) >= 11 is 0. The first-order chi connectivity index (χ1) is 8.19. The molecule has 1 aromatic carbocycles. The number of ether oxygens (including phenoxy) is 1. The summed E-state index contributed by atoms with van der Waals surface area (Å²) in [7, 11) is 1.43. The van der Waals surface area contributed by atoms with Crippen LogP contribution in [0.15, 0.2) is 18.2 Å². The molecule has 1 aliphatic rings. The third-order valence-corrected chi connectivity index (χ3v) is 3.21. The monoisotopic (exact) mass is 234 g/mol. The topological polar surface area (TPSA) is 64.3 Å². The van der Waals surface area contributed by atoms with Gasteiger partial charge in [0.2, 0.25) is 0 Å². The van der Waals surface area contributed by atoms with Crippen molar-refractivity contribution in [2.45, 2.75) is 19.3 Å². The molecule has 4 nitrogen and oxygen atoms in total. The molecule has 0 unspecified atom stereocenters. The van der Waals surface area contributed by atoms with Gasteiger partial charge in [0.1, 0.15) is 0 Å². The smallest absolute Gasteiger partial charge is 0.305 e. The van der Waals surface area contributed by atoms with Gasteiger partial charge in [0.15, 0.2) is 0 Å². The van der Waals surface area contributed by atoms with Crippen molar-refractivity contribution in [1.82, 2.24) is 0 Å². The Morgan fingerprint density at radius 1 is 1.59 bits per heavy atom. The molecule has 2 rings (SSSR count). The van der Waals surface area contributed by atoms with E-state index in [9.17, 15) is 4.79 Å². The van der Waals surface area contributed by atoms with E-state index >= 15 is 0 Å². The lowest BCUT2D eigenvalue weighted by atomic mass is 9.90. The molecule has 0 amide bonds. The Hall–Kier alpha value is -1.71. The summed E-state index contributed by atoms with van der Waals surface area (Å²) in [4.78, 5) is 11.1. The number of benzene rings is 1. The van der Waals surface area contributed by atoms with Crippen LogP contribution in [0.1, 0.15) is 18.4 Å². The van der Waals surface area contributed by atoms with E-state index in [1.54, 1.807) is 0 Å². The number of carbonyl (C=O) groups is 1. The van der Waals surface area contributed by atoms with Crippen LogP contribution >= 0.6 is 0 Å². The van der Waals surface area contributed by atoms with Gasteiger partial charge in [-0.3, -0.25) is 4.79 Å². The normalized spacial score (nSPS) is 18.1. The molecule has 0 saturated carbocycles. The summed E-state index contributed by atoms with van der Waals surface area (Å²) in [5.41, 5.74) is 8.92. The molecule has 92 valence electrons. The highest BCUT2D eigenvalue weighted by Crippen LogP contribution is 2.28. The summed E-state index contributed by atoms with van der Waals surface area (Å²) in [5.74, 6) is 0.360. The zero-order valence-electron chi connectivity index (χ0n) is 10.0. The lowest BCUT2D eigenvalue weighted by molar-refractivity contribution is -0.140. The van der Waals surface area contributed by atoms with Crippen molar-refractivity contribution < 1.29 is 9.53 Å². The largest absolute Gasteiger partial charge is 0.469 e. The van der Waals surface area contributed by atoms with Crippen molar-refractivity contribution in [1.29, 1.82) is 0 Å². The Kier molecular flexibility index (Phi) is 3.52. The Balaban J connectivity index is 1.94. The van der Waals surface area contributed by atoms with Gasteiger partial charge in [-0.1, -0.05) is 6.07 Å². The lowest BCUT2D eigenvalue weighted by Gasteiger charge is -2.26. The molecule has 0 fully saturated rings. The van der Waals surface area contributed by atoms with E-state index in [0.29, 0.717) is 12.3 Å². The predicted molar refractivity (Wildman–Crippen MR) is 67.8 cm³/mol. The fourth-order valence-electron chi connectivity index (χ4n) is 2.20. The maximum absolute atomic E-state index is 11.1. The van der Waals surface area contributed by atoms with Crippen LogP contribution in [0.5, 0.6) is 0 Å². The molecule has 1 aromatic rings. The van der Waals surface area contributed by atoms with Gasteiger partial charge in [-0.25, -0.2) is 0 Å². The van der Waals surface area contributed by atoms with Gasteiger partial charge in [0.25, 0.3) is 0 Å². The Bertz CT molecular complexity index is 418. The van der Waals surface area contributed by atoms with Crippen LogP contribution < -0.4 is 11.1 Å². The zero-order valence-corrected chi connectivity index (χ0v) is 10.0. The number of fused-ring (bicyclic) bond motifs is 1. The van der Waals surface area contributed by atoms with Crippen molar-refractivity contribution in [2.75, 3.05) is 24.7 Å². The first-order valence-corrected chi connectivity index (χ1v) is 5.88. The minimum Gasteiger partial charge on any atom is -0.469 e. The quantitative estimate of drug-likeness (QED) is 0.618. The SMILES string of the molecule is COC(=O)CC[C@H]1CNc2cc(N)ccc2C1. The molecule has 0 aromatic heterocycles. The second-order valence-corrected chi connectivity index (χ2v) is 4.48. The van der Waals surface area contributed by atoms with E-state index < -0.39 is 0 Å². The predicted octanol–water partition coefficient (Wildman–Crippen LogP) is 1.81.